The van der Waals surface area contributed by atoms with E-state index < -0.39 is 17.9 Å². The molecule has 1 rings (SSSR count). The summed E-state index contributed by atoms with van der Waals surface area (Å²) in [5.74, 6) is 0. The average Bonchev–Trinajstić information content (AvgIpc) is 2.53. The van der Waals surface area contributed by atoms with Crippen molar-refractivity contribution in [3.05, 3.63) is 0 Å². The van der Waals surface area contributed by atoms with E-state index in [9.17, 15) is 18.0 Å². The predicted octanol–water partition coefficient (Wildman–Crippen LogP) is 5.79. The van der Waals surface area contributed by atoms with Gasteiger partial charge in [-0.25, -0.2) is 4.79 Å². The van der Waals surface area contributed by atoms with Crippen molar-refractivity contribution in [3.63, 3.8) is 0 Å². The molecule has 1 heterocycles. The van der Waals surface area contributed by atoms with Crippen molar-refractivity contribution in [3.8, 4) is 0 Å². The van der Waals surface area contributed by atoms with Crippen LogP contribution in [0, 0.1) is 0 Å². The highest BCUT2D eigenvalue weighted by Gasteiger charge is 2.51. The van der Waals surface area contributed by atoms with Gasteiger partial charge < -0.3 is 10.1 Å². The Balaban J connectivity index is 2.53. The van der Waals surface area contributed by atoms with Gasteiger partial charge in [-0.15, -0.1) is 0 Å². The molecule has 1 aliphatic rings. The smallest absolute Gasteiger partial charge is 0.427 e. The Morgan fingerprint density at radius 3 is 2.00 bits per heavy atom. The fourth-order valence-electron chi connectivity index (χ4n) is 2.78. The summed E-state index contributed by atoms with van der Waals surface area (Å²) in [6, 6.07) is -0.202. The summed E-state index contributed by atoms with van der Waals surface area (Å²) >= 11 is 0. The summed E-state index contributed by atoms with van der Waals surface area (Å²) in [6.45, 7) is 3.02. The van der Waals surface area contributed by atoms with Crippen molar-refractivity contribution in [2.45, 2.75) is 95.9 Å². The number of amides is 1. The first kappa shape index (κ1) is 22.7. The largest absolute Gasteiger partial charge is 0.434 e. The Bertz CT molecular complexity index is 440. The summed E-state index contributed by atoms with van der Waals surface area (Å²) in [4.78, 5) is 11.9. The molecule has 0 fully saturated rings. The number of alkyl halides is 3. The van der Waals surface area contributed by atoms with E-state index in [4.69, 9.17) is 0 Å². The number of carbonyl (C=O) groups excluding carboxylic acids is 1. The summed E-state index contributed by atoms with van der Waals surface area (Å²) in [5, 5.41) is 10.9. The fraction of sp³-hybridized carbons (Fsp3) is 0.944. The van der Waals surface area contributed by atoms with E-state index in [0.29, 0.717) is 13.0 Å². The van der Waals surface area contributed by atoms with E-state index in [0.717, 1.165) is 58.9 Å². The molecule has 152 valence electrons. The molecule has 5 nitrogen and oxygen atoms in total. The minimum Gasteiger partial charge on any atom is -0.434 e. The number of carbonyl (C=O) groups is 1. The zero-order valence-corrected chi connectivity index (χ0v) is 15.9. The van der Waals surface area contributed by atoms with Gasteiger partial charge >= 0.3 is 12.3 Å². The van der Waals surface area contributed by atoms with Crippen LogP contribution in [-0.2, 0) is 4.74 Å². The molecule has 0 saturated heterocycles. The van der Waals surface area contributed by atoms with E-state index >= 15 is 0 Å². The molecule has 0 saturated carbocycles. The van der Waals surface area contributed by atoms with E-state index in [2.05, 4.69) is 20.3 Å². The number of hydrogen-bond acceptors (Lipinski definition) is 4. The van der Waals surface area contributed by atoms with Crippen molar-refractivity contribution in [1.82, 2.24) is 5.32 Å². The van der Waals surface area contributed by atoms with Crippen LogP contribution in [0.1, 0.15) is 78.1 Å². The molecule has 1 amide bonds. The summed E-state index contributed by atoms with van der Waals surface area (Å²) in [7, 11) is 0. The van der Waals surface area contributed by atoms with Gasteiger partial charge in [-0.2, -0.15) is 23.4 Å². The maximum Gasteiger partial charge on any atom is 0.427 e. The van der Waals surface area contributed by atoms with Gasteiger partial charge in [0.1, 0.15) is 0 Å². The van der Waals surface area contributed by atoms with Crippen molar-refractivity contribution in [2.24, 2.45) is 10.2 Å². The lowest BCUT2D eigenvalue weighted by Crippen LogP contribution is -2.47. The Labute approximate surface area is 154 Å². The molecule has 0 spiro atoms. The third-order valence-electron chi connectivity index (χ3n) is 4.57. The topological polar surface area (TPSA) is 63.0 Å². The van der Waals surface area contributed by atoms with E-state index in [1.165, 1.54) is 19.3 Å². The second-order valence-corrected chi connectivity index (χ2v) is 7.37. The lowest BCUT2D eigenvalue weighted by atomic mass is 10.0. The van der Waals surface area contributed by atoms with Gasteiger partial charge in [0.2, 0.25) is 5.60 Å². The molecule has 0 radical (unpaired) electrons. The van der Waals surface area contributed by atoms with Gasteiger partial charge in [-0.1, -0.05) is 38.5 Å². The number of nitrogens with one attached hydrogen (secondary N) is 1. The molecular weight excluding hydrogens is 347 g/mol. The second-order valence-electron chi connectivity index (χ2n) is 7.37. The molecule has 0 aromatic heterocycles. The van der Waals surface area contributed by atoms with Crippen LogP contribution in [0.15, 0.2) is 10.2 Å². The number of ether oxygens (including phenoxy) is 1. The first-order chi connectivity index (χ1) is 12.2. The Morgan fingerprint density at radius 1 is 0.885 bits per heavy atom. The number of rotatable bonds is 2. The van der Waals surface area contributed by atoms with Gasteiger partial charge in [0.25, 0.3) is 0 Å². The molecule has 1 aliphatic heterocycles. The molecule has 0 aliphatic carbocycles. The molecule has 0 aromatic carbocycles. The minimum absolute atomic E-state index is 0.202. The molecule has 0 bridgehead atoms. The third-order valence-corrected chi connectivity index (χ3v) is 4.57. The van der Waals surface area contributed by atoms with Crippen LogP contribution in [0.3, 0.4) is 0 Å². The van der Waals surface area contributed by atoms with Crippen molar-refractivity contribution in [2.75, 3.05) is 13.1 Å². The van der Waals surface area contributed by atoms with Gasteiger partial charge in [0, 0.05) is 6.04 Å². The lowest BCUT2D eigenvalue weighted by molar-refractivity contribution is -0.244. The van der Waals surface area contributed by atoms with Crippen LogP contribution < -0.4 is 5.32 Å². The molecular formula is C18H32F3N3O2. The highest BCUT2D eigenvalue weighted by molar-refractivity contribution is 5.68. The summed E-state index contributed by atoms with van der Waals surface area (Å²) in [6.07, 6.45) is 4.25. The van der Waals surface area contributed by atoms with Crippen LogP contribution in [-0.4, -0.2) is 37.0 Å². The summed E-state index contributed by atoms with van der Waals surface area (Å²) in [5.41, 5.74) is -2.51. The lowest BCUT2D eigenvalue weighted by Gasteiger charge is -2.29. The normalized spacial score (nSPS) is 22.1. The molecule has 8 heteroatoms. The average molecular weight is 379 g/mol. The third kappa shape index (κ3) is 9.38. The monoisotopic (exact) mass is 379 g/mol. The van der Waals surface area contributed by atoms with Crippen molar-refractivity contribution < 1.29 is 22.7 Å². The first-order valence-electron chi connectivity index (χ1n) is 9.62. The van der Waals surface area contributed by atoms with Gasteiger partial charge in [-0.3, -0.25) is 0 Å². The second kappa shape index (κ2) is 11.4. The van der Waals surface area contributed by atoms with Crippen molar-refractivity contribution in [1.29, 1.82) is 0 Å². The molecule has 1 unspecified atom stereocenters. The molecule has 1 N–H and O–H groups in total. The zero-order chi connectivity index (χ0) is 19.5. The van der Waals surface area contributed by atoms with E-state index in [-0.39, 0.29) is 6.04 Å². The Kier molecular flexibility index (Phi) is 9.94. The molecule has 1 atom stereocenters. The standard InChI is InChI=1S/C18H32F3N3O2/c1-17(2,18(19,20)21)26-16(25)24-15-11-8-6-4-3-5-7-9-13-22-23-14-10-12-15/h15H,3-14H2,1-2H3,(H,24,25). The van der Waals surface area contributed by atoms with Crippen LogP contribution in [0.4, 0.5) is 18.0 Å². The van der Waals surface area contributed by atoms with Crippen LogP contribution in [0.25, 0.3) is 0 Å². The van der Waals surface area contributed by atoms with Crippen molar-refractivity contribution >= 4 is 6.09 Å². The molecule has 26 heavy (non-hydrogen) atoms. The number of azo groups is 1. The maximum atomic E-state index is 12.9. The SMILES string of the molecule is CC(C)(OC(=O)NC1CCCCCCCCCN=NCCC1)C(F)(F)F. The fourth-order valence-corrected chi connectivity index (χ4v) is 2.78. The Hall–Kier alpha value is -1.34. The highest BCUT2D eigenvalue weighted by Crippen LogP contribution is 2.32. The minimum atomic E-state index is -4.60. The van der Waals surface area contributed by atoms with E-state index in [1.807, 2.05) is 0 Å². The summed E-state index contributed by atoms with van der Waals surface area (Å²) < 4.78 is 43.2. The number of alkyl carbamates (subject to hydrolysis) is 1. The predicted molar refractivity (Wildman–Crippen MR) is 94.3 cm³/mol. The van der Waals surface area contributed by atoms with Gasteiger partial charge in [-0.05, 0) is 39.5 Å². The van der Waals surface area contributed by atoms with Gasteiger partial charge in [0.15, 0.2) is 0 Å². The van der Waals surface area contributed by atoms with Crippen LogP contribution in [0.2, 0.25) is 0 Å². The highest BCUT2D eigenvalue weighted by atomic mass is 19.4. The number of hydrogen-bond donors (Lipinski definition) is 1. The zero-order valence-electron chi connectivity index (χ0n) is 15.9. The first-order valence-corrected chi connectivity index (χ1v) is 9.62. The Morgan fingerprint density at radius 2 is 1.38 bits per heavy atom. The van der Waals surface area contributed by atoms with Gasteiger partial charge in [0.05, 0.1) is 13.1 Å². The maximum absolute atomic E-state index is 12.9. The van der Waals surface area contributed by atoms with Crippen LogP contribution >= 0.6 is 0 Å². The molecule has 0 aromatic rings. The number of halogens is 3. The van der Waals surface area contributed by atoms with E-state index in [1.54, 1.807) is 0 Å². The van der Waals surface area contributed by atoms with Crippen LogP contribution in [0.5, 0.6) is 0 Å². The quantitative estimate of drug-likeness (QED) is 0.660. The number of nitrogens with zero attached hydrogens (tertiary/aromatic N) is 2.